The fourth-order valence-corrected chi connectivity index (χ4v) is 4.34. The van der Waals surface area contributed by atoms with Gasteiger partial charge >= 0.3 is 0 Å². The van der Waals surface area contributed by atoms with Crippen molar-refractivity contribution in [3.05, 3.63) is 53.3 Å². The SMILES string of the molecule is CCc1cc(-c2ccc(F)c(OC)c2)ccc1C1C(=O)C(C)(C)C(=O)C(C)(C)C1=O. The van der Waals surface area contributed by atoms with E-state index in [0.29, 0.717) is 12.0 Å². The van der Waals surface area contributed by atoms with Crippen LogP contribution in [0.5, 0.6) is 5.75 Å². The van der Waals surface area contributed by atoms with Crippen molar-refractivity contribution in [2.24, 2.45) is 10.8 Å². The van der Waals surface area contributed by atoms with Crippen LogP contribution in [0.1, 0.15) is 51.7 Å². The Balaban J connectivity index is 2.12. The molecule has 0 N–H and O–H groups in total. The van der Waals surface area contributed by atoms with Crippen LogP contribution in [0.25, 0.3) is 11.1 Å². The summed E-state index contributed by atoms with van der Waals surface area (Å²) in [6, 6.07) is 10.1. The van der Waals surface area contributed by atoms with Gasteiger partial charge in [0.15, 0.2) is 28.9 Å². The van der Waals surface area contributed by atoms with Crippen molar-refractivity contribution in [2.45, 2.75) is 47.0 Å². The molecule has 30 heavy (non-hydrogen) atoms. The number of benzene rings is 2. The van der Waals surface area contributed by atoms with Crippen molar-refractivity contribution in [3.8, 4) is 16.9 Å². The van der Waals surface area contributed by atoms with Crippen LogP contribution < -0.4 is 4.74 Å². The lowest BCUT2D eigenvalue weighted by Gasteiger charge is -2.41. The van der Waals surface area contributed by atoms with Gasteiger partial charge in [-0.15, -0.1) is 0 Å². The van der Waals surface area contributed by atoms with E-state index in [2.05, 4.69) is 0 Å². The van der Waals surface area contributed by atoms with Gasteiger partial charge in [-0.05, 0) is 68.5 Å². The first-order valence-electron chi connectivity index (χ1n) is 10.1. The van der Waals surface area contributed by atoms with Gasteiger partial charge in [-0.1, -0.05) is 31.2 Å². The fraction of sp³-hybridized carbons (Fsp3) is 0.400. The van der Waals surface area contributed by atoms with Crippen LogP contribution in [0.15, 0.2) is 36.4 Å². The molecule has 0 saturated heterocycles. The van der Waals surface area contributed by atoms with Gasteiger partial charge in [0.1, 0.15) is 5.92 Å². The molecule has 1 fully saturated rings. The molecule has 0 aliphatic heterocycles. The molecule has 3 rings (SSSR count). The predicted octanol–water partition coefficient (Wildman–Crippen LogP) is 4.92. The molecule has 0 atom stereocenters. The molecule has 1 aliphatic rings. The number of carbonyl (C=O) groups excluding carboxylic acids is 3. The first kappa shape index (κ1) is 21.9. The van der Waals surface area contributed by atoms with Gasteiger partial charge in [0.05, 0.1) is 17.9 Å². The summed E-state index contributed by atoms with van der Waals surface area (Å²) in [6.45, 7) is 8.35. The van der Waals surface area contributed by atoms with Crippen LogP contribution in [0.3, 0.4) is 0 Å². The Labute approximate surface area is 176 Å². The van der Waals surface area contributed by atoms with E-state index in [-0.39, 0.29) is 23.1 Å². The molecule has 0 spiro atoms. The molecule has 5 heteroatoms. The van der Waals surface area contributed by atoms with Crippen LogP contribution in [0.2, 0.25) is 0 Å². The average Bonchev–Trinajstić information content (AvgIpc) is 2.72. The summed E-state index contributed by atoms with van der Waals surface area (Å²) < 4.78 is 18.8. The Kier molecular flexibility index (Phi) is 5.44. The lowest BCUT2D eigenvalue weighted by Crippen LogP contribution is -2.56. The van der Waals surface area contributed by atoms with E-state index >= 15 is 0 Å². The van der Waals surface area contributed by atoms with Gasteiger partial charge in [-0.25, -0.2) is 4.39 Å². The van der Waals surface area contributed by atoms with Crippen molar-refractivity contribution in [3.63, 3.8) is 0 Å². The summed E-state index contributed by atoms with van der Waals surface area (Å²) in [5.74, 6) is -2.32. The third-order valence-corrected chi connectivity index (χ3v) is 6.21. The molecular formula is C25H27FO4. The maximum absolute atomic E-state index is 13.8. The first-order valence-corrected chi connectivity index (χ1v) is 10.1. The lowest BCUT2D eigenvalue weighted by atomic mass is 9.57. The van der Waals surface area contributed by atoms with Crippen molar-refractivity contribution in [1.29, 1.82) is 0 Å². The van der Waals surface area contributed by atoms with E-state index in [9.17, 15) is 18.8 Å². The maximum Gasteiger partial charge on any atom is 0.165 e. The molecule has 4 nitrogen and oxygen atoms in total. The number of Topliss-reactive ketones (excluding diaryl/α,β-unsaturated/α-hetero) is 3. The second-order valence-electron chi connectivity index (χ2n) is 8.86. The highest BCUT2D eigenvalue weighted by atomic mass is 19.1. The van der Waals surface area contributed by atoms with Crippen LogP contribution in [0.4, 0.5) is 4.39 Å². The molecular weight excluding hydrogens is 383 g/mol. The van der Waals surface area contributed by atoms with Crippen LogP contribution >= 0.6 is 0 Å². The molecule has 2 aromatic carbocycles. The number of ether oxygens (including phenoxy) is 1. The fourth-order valence-electron chi connectivity index (χ4n) is 4.34. The number of halogens is 1. The molecule has 1 aliphatic carbocycles. The summed E-state index contributed by atoms with van der Waals surface area (Å²) in [7, 11) is 1.41. The standard InChI is InChI=1S/C25H27FO4/c1-7-14-12-15(16-9-11-18(26)19(13-16)30-6)8-10-17(14)20-21(27)24(2,3)23(29)25(4,5)22(20)28/h8-13,20H,7H2,1-6H3. The highest BCUT2D eigenvalue weighted by Gasteiger charge is 2.58. The highest BCUT2D eigenvalue weighted by Crippen LogP contribution is 2.45. The number of methoxy groups -OCH3 is 1. The Bertz CT molecular complexity index is 1020. The van der Waals surface area contributed by atoms with E-state index in [0.717, 1.165) is 16.7 Å². The number of aryl methyl sites for hydroxylation is 1. The summed E-state index contributed by atoms with van der Waals surface area (Å²) in [5.41, 5.74) is 0.639. The molecule has 0 radical (unpaired) electrons. The molecule has 0 bridgehead atoms. The van der Waals surface area contributed by atoms with E-state index in [1.807, 2.05) is 19.1 Å². The van der Waals surface area contributed by atoms with Gasteiger partial charge in [0, 0.05) is 0 Å². The van der Waals surface area contributed by atoms with E-state index < -0.39 is 22.6 Å². The van der Waals surface area contributed by atoms with Crippen molar-refractivity contribution >= 4 is 17.3 Å². The number of carbonyl (C=O) groups is 3. The van der Waals surface area contributed by atoms with Crippen LogP contribution in [-0.4, -0.2) is 24.5 Å². The van der Waals surface area contributed by atoms with Gasteiger partial charge in [0.25, 0.3) is 0 Å². The molecule has 0 heterocycles. The normalized spacial score (nSPS) is 18.6. The molecule has 0 amide bonds. The van der Waals surface area contributed by atoms with Crippen LogP contribution in [0, 0.1) is 16.6 Å². The summed E-state index contributed by atoms with van der Waals surface area (Å²) >= 11 is 0. The zero-order valence-corrected chi connectivity index (χ0v) is 18.3. The second kappa shape index (κ2) is 7.46. The quantitative estimate of drug-likeness (QED) is 0.671. The minimum atomic E-state index is -1.23. The van der Waals surface area contributed by atoms with Crippen molar-refractivity contribution in [2.75, 3.05) is 7.11 Å². The van der Waals surface area contributed by atoms with E-state index in [4.69, 9.17) is 4.74 Å². The second-order valence-corrected chi connectivity index (χ2v) is 8.86. The smallest absolute Gasteiger partial charge is 0.165 e. The van der Waals surface area contributed by atoms with E-state index in [1.165, 1.54) is 13.2 Å². The molecule has 0 aromatic heterocycles. The van der Waals surface area contributed by atoms with Gasteiger partial charge in [0.2, 0.25) is 0 Å². The topological polar surface area (TPSA) is 60.4 Å². The largest absolute Gasteiger partial charge is 0.494 e. The zero-order valence-electron chi connectivity index (χ0n) is 18.3. The van der Waals surface area contributed by atoms with Crippen LogP contribution in [-0.2, 0) is 20.8 Å². The van der Waals surface area contributed by atoms with Gasteiger partial charge in [-0.2, -0.15) is 0 Å². The highest BCUT2D eigenvalue weighted by molar-refractivity contribution is 6.30. The minimum absolute atomic E-state index is 0.147. The number of rotatable bonds is 4. The molecule has 1 saturated carbocycles. The summed E-state index contributed by atoms with van der Waals surface area (Å²) in [4.78, 5) is 39.2. The Morgan fingerprint density at radius 1 is 0.900 bits per heavy atom. The van der Waals surface area contributed by atoms with Gasteiger partial charge in [-0.3, -0.25) is 14.4 Å². The number of hydrogen-bond acceptors (Lipinski definition) is 4. The maximum atomic E-state index is 13.8. The van der Waals surface area contributed by atoms with Crippen molar-refractivity contribution in [1.82, 2.24) is 0 Å². The van der Waals surface area contributed by atoms with E-state index in [1.54, 1.807) is 45.9 Å². The minimum Gasteiger partial charge on any atom is -0.494 e. The molecule has 0 unspecified atom stereocenters. The molecule has 2 aromatic rings. The Hall–Kier alpha value is -2.82. The Morgan fingerprint density at radius 3 is 1.97 bits per heavy atom. The summed E-state index contributed by atoms with van der Waals surface area (Å²) in [6.07, 6.45) is 0.605. The molecule has 158 valence electrons. The average molecular weight is 410 g/mol. The Morgan fingerprint density at radius 2 is 1.43 bits per heavy atom. The van der Waals surface area contributed by atoms with Gasteiger partial charge < -0.3 is 4.74 Å². The monoisotopic (exact) mass is 410 g/mol. The third kappa shape index (κ3) is 3.26. The number of ketones is 3. The predicted molar refractivity (Wildman–Crippen MR) is 113 cm³/mol. The number of hydrogen-bond donors (Lipinski definition) is 0. The first-order chi connectivity index (χ1) is 14.0. The van der Waals surface area contributed by atoms with Crippen molar-refractivity contribution < 1.29 is 23.5 Å². The third-order valence-electron chi connectivity index (χ3n) is 6.21. The summed E-state index contributed by atoms with van der Waals surface area (Å²) in [5, 5.41) is 0. The zero-order chi connectivity index (χ0) is 22.4. The lowest BCUT2D eigenvalue weighted by molar-refractivity contribution is -0.157.